The molecule has 1 aromatic heterocycles. The van der Waals surface area contributed by atoms with Gasteiger partial charge in [0.05, 0.1) is 12.1 Å². The van der Waals surface area contributed by atoms with Crippen LogP contribution in [-0.4, -0.2) is 63.4 Å². The second kappa shape index (κ2) is 9.40. The highest BCUT2D eigenvalue weighted by Gasteiger charge is 2.46. The number of amides is 1. The van der Waals surface area contributed by atoms with Crippen LogP contribution < -0.4 is 10.6 Å². The van der Waals surface area contributed by atoms with Crippen LogP contribution in [0.1, 0.15) is 63.3 Å². The van der Waals surface area contributed by atoms with E-state index in [-0.39, 0.29) is 18.0 Å². The van der Waals surface area contributed by atoms with Gasteiger partial charge in [-0.25, -0.2) is 4.79 Å². The van der Waals surface area contributed by atoms with Crippen molar-refractivity contribution in [3.05, 3.63) is 34.7 Å². The molecule has 1 unspecified atom stereocenters. The summed E-state index contributed by atoms with van der Waals surface area (Å²) in [5.74, 6) is -0.0500. The second-order valence-electron chi connectivity index (χ2n) is 10.6. The molecule has 1 amide bonds. The molecule has 2 aromatic rings. The van der Waals surface area contributed by atoms with Crippen LogP contribution in [-0.2, 0) is 15.9 Å². The fourth-order valence-electron chi connectivity index (χ4n) is 5.42. The fourth-order valence-corrected chi connectivity index (χ4v) is 5.42. The van der Waals surface area contributed by atoms with Crippen LogP contribution >= 0.6 is 0 Å². The Kier molecular flexibility index (Phi) is 6.82. The number of nitrogens with zero attached hydrogens (tertiary/aromatic N) is 3. The standard InChI is InChI=1S/C25H37N5O5/c1-14(2)20-25(7,30(23(31)32)9-8-26-20)12-17-10-15(3)11-18(16(17)4)27-22-29-28-21(34-22)19-13-33-24(5,6)35-19/h10-11,14,19-20,26H,8-9,12-13H2,1-7H3,(H,27,29)(H,31,32)/t19-,20?,25-/m0/s1. The van der Waals surface area contributed by atoms with Gasteiger partial charge in [-0.05, 0) is 69.7 Å². The van der Waals surface area contributed by atoms with E-state index in [1.54, 1.807) is 4.90 Å². The minimum atomic E-state index is -0.886. The molecule has 0 saturated carbocycles. The van der Waals surface area contributed by atoms with Crippen molar-refractivity contribution >= 4 is 17.8 Å². The lowest BCUT2D eigenvalue weighted by molar-refractivity contribution is -0.141. The number of hydrogen-bond donors (Lipinski definition) is 3. The van der Waals surface area contributed by atoms with Gasteiger partial charge in [0.25, 0.3) is 0 Å². The minimum Gasteiger partial charge on any atom is -0.465 e. The van der Waals surface area contributed by atoms with Crippen molar-refractivity contribution in [3.8, 4) is 0 Å². The van der Waals surface area contributed by atoms with Crippen molar-refractivity contribution in [3.63, 3.8) is 0 Å². The predicted molar refractivity (Wildman–Crippen MR) is 131 cm³/mol. The Balaban J connectivity index is 1.60. The van der Waals surface area contributed by atoms with E-state index in [1.807, 2.05) is 40.7 Å². The molecule has 0 radical (unpaired) electrons. The molecule has 2 fully saturated rings. The number of benzene rings is 1. The smallest absolute Gasteiger partial charge is 0.407 e. The zero-order chi connectivity index (χ0) is 25.5. The van der Waals surface area contributed by atoms with Crippen LogP contribution in [0, 0.1) is 19.8 Å². The Hall–Kier alpha value is -2.69. The molecule has 35 heavy (non-hydrogen) atoms. The Bertz CT molecular complexity index is 1080. The van der Waals surface area contributed by atoms with Crippen molar-refractivity contribution in [2.24, 2.45) is 5.92 Å². The van der Waals surface area contributed by atoms with Crippen LogP contribution in [0.4, 0.5) is 16.5 Å². The number of hydrogen-bond acceptors (Lipinski definition) is 8. The quantitative estimate of drug-likeness (QED) is 0.551. The molecule has 2 aliphatic heterocycles. The summed E-state index contributed by atoms with van der Waals surface area (Å²) in [4.78, 5) is 13.8. The molecule has 4 rings (SSSR count). The van der Waals surface area contributed by atoms with Crippen molar-refractivity contribution in [1.82, 2.24) is 20.4 Å². The first-order chi connectivity index (χ1) is 16.4. The zero-order valence-electron chi connectivity index (χ0n) is 21.6. The first kappa shape index (κ1) is 25.4. The highest BCUT2D eigenvalue weighted by Crippen LogP contribution is 2.36. The SMILES string of the molecule is Cc1cc(C[C@@]2(C)C(C(C)C)NCCN2C(=O)O)c(C)c(Nc2nnc([C@@H]3COC(C)(C)O3)o2)c1. The van der Waals surface area contributed by atoms with Gasteiger partial charge < -0.3 is 29.6 Å². The number of carboxylic acid groups (broad SMARTS) is 1. The maximum Gasteiger partial charge on any atom is 0.407 e. The normalized spacial score (nSPS) is 26.3. The number of piperazine rings is 1. The highest BCUT2D eigenvalue weighted by atomic mass is 16.7. The lowest BCUT2D eigenvalue weighted by Gasteiger charge is -2.51. The van der Waals surface area contributed by atoms with Gasteiger partial charge in [0, 0.05) is 24.8 Å². The number of carbonyl (C=O) groups is 1. The molecule has 10 heteroatoms. The molecule has 0 aliphatic carbocycles. The van der Waals surface area contributed by atoms with Gasteiger partial charge >= 0.3 is 12.1 Å². The van der Waals surface area contributed by atoms with Crippen LogP contribution in [0.3, 0.4) is 0 Å². The van der Waals surface area contributed by atoms with Gasteiger partial charge in [-0.3, -0.25) is 4.90 Å². The summed E-state index contributed by atoms with van der Waals surface area (Å²) in [5.41, 5.74) is 3.38. The van der Waals surface area contributed by atoms with E-state index < -0.39 is 23.5 Å². The zero-order valence-corrected chi connectivity index (χ0v) is 21.6. The van der Waals surface area contributed by atoms with E-state index in [1.165, 1.54) is 0 Å². The Labute approximate surface area is 206 Å². The van der Waals surface area contributed by atoms with Gasteiger partial charge in [0.1, 0.15) is 0 Å². The van der Waals surface area contributed by atoms with Gasteiger partial charge in [-0.1, -0.05) is 25.0 Å². The molecule has 3 N–H and O–H groups in total. The number of aryl methyl sites for hydroxylation is 1. The molecule has 3 heterocycles. The minimum absolute atomic E-state index is 0.0278. The first-order valence-corrected chi connectivity index (χ1v) is 12.2. The molecule has 2 aliphatic rings. The maximum atomic E-state index is 12.2. The van der Waals surface area contributed by atoms with Crippen molar-refractivity contribution in [1.29, 1.82) is 0 Å². The van der Waals surface area contributed by atoms with Crippen molar-refractivity contribution < 1.29 is 23.8 Å². The summed E-state index contributed by atoms with van der Waals surface area (Å²) in [6.07, 6.45) is -0.715. The van der Waals surface area contributed by atoms with Crippen LogP contribution in [0.2, 0.25) is 0 Å². The maximum absolute atomic E-state index is 12.2. The Morgan fingerprint density at radius 3 is 2.66 bits per heavy atom. The number of anilines is 2. The van der Waals surface area contributed by atoms with Crippen molar-refractivity contribution in [2.75, 3.05) is 25.0 Å². The van der Waals surface area contributed by atoms with Gasteiger partial charge in [0.15, 0.2) is 11.9 Å². The highest BCUT2D eigenvalue weighted by molar-refractivity contribution is 5.67. The van der Waals surface area contributed by atoms with Gasteiger partial charge in [-0.2, -0.15) is 0 Å². The lowest BCUT2D eigenvalue weighted by atomic mass is 9.76. The number of aromatic nitrogens is 2. The van der Waals surface area contributed by atoms with Crippen LogP contribution in [0.15, 0.2) is 16.5 Å². The van der Waals surface area contributed by atoms with Crippen molar-refractivity contribution in [2.45, 2.75) is 78.4 Å². The van der Waals surface area contributed by atoms with E-state index in [2.05, 4.69) is 40.7 Å². The number of nitrogens with one attached hydrogen (secondary N) is 2. The first-order valence-electron chi connectivity index (χ1n) is 12.2. The average Bonchev–Trinajstić information content (AvgIpc) is 3.36. The molecule has 1 aromatic carbocycles. The molecule has 0 spiro atoms. The summed E-state index contributed by atoms with van der Waals surface area (Å²) >= 11 is 0. The Morgan fingerprint density at radius 1 is 1.29 bits per heavy atom. The van der Waals surface area contributed by atoms with E-state index in [4.69, 9.17) is 13.9 Å². The van der Waals surface area contributed by atoms with Gasteiger partial charge in [0.2, 0.25) is 5.89 Å². The van der Waals surface area contributed by atoms with Gasteiger partial charge in [-0.15, -0.1) is 5.10 Å². The van der Waals surface area contributed by atoms with E-state index in [0.717, 1.165) is 22.4 Å². The Morgan fingerprint density at radius 2 is 2.03 bits per heavy atom. The van der Waals surface area contributed by atoms with Crippen LogP contribution in [0.25, 0.3) is 0 Å². The molecule has 0 bridgehead atoms. The third-order valence-corrected chi connectivity index (χ3v) is 7.06. The molecule has 192 valence electrons. The summed E-state index contributed by atoms with van der Waals surface area (Å²) in [6.45, 7) is 15.5. The third kappa shape index (κ3) is 5.14. The van der Waals surface area contributed by atoms with E-state index in [9.17, 15) is 9.90 Å². The molecular weight excluding hydrogens is 450 g/mol. The number of ether oxygens (including phenoxy) is 2. The topological polar surface area (TPSA) is 122 Å². The molecule has 2 saturated heterocycles. The lowest BCUT2D eigenvalue weighted by Crippen LogP contribution is -2.69. The van der Waals surface area contributed by atoms with E-state index >= 15 is 0 Å². The largest absolute Gasteiger partial charge is 0.465 e. The average molecular weight is 488 g/mol. The molecule has 3 atom stereocenters. The summed E-state index contributed by atoms with van der Waals surface area (Å²) < 4.78 is 17.2. The van der Waals surface area contributed by atoms with Crippen LogP contribution in [0.5, 0.6) is 0 Å². The second-order valence-corrected chi connectivity index (χ2v) is 10.6. The predicted octanol–water partition coefficient (Wildman–Crippen LogP) is 4.16. The summed E-state index contributed by atoms with van der Waals surface area (Å²) in [7, 11) is 0. The monoisotopic (exact) mass is 487 g/mol. The third-order valence-electron chi connectivity index (χ3n) is 7.06. The van der Waals surface area contributed by atoms with E-state index in [0.29, 0.717) is 32.0 Å². The molecule has 10 nitrogen and oxygen atoms in total. The summed E-state index contributed by atoms with van der Waals surface area (Å²) in [6, 6.07) is 4.45. The molecular formula is C25H37N5O5. The number of rotatable bonds is 6. The summed E-state index contributed by atoms with van der Waals surface area (Å²) in [5, 5.41) is 25.1. The fraction of sp³-hybridized carbons (Fsp3) is 0.640.